The molecule has 0 aromatic heterocycles. The summed E-state index contributed by atoms with van der Waals surface area (Å²) in [5.74, 6) is 8.97. The Bertz CT molecular complexity index is 1450. The van der Waals surface area contributed by atoms with Gasteiger partial charge in [-0.2, -0.15) is 4.31 Å². The highest BCUT2D eigenvalue weighted by Crippen LogP contribution is 2.92. The summed E-state index contributed by atoms with van der Waals surface area (Å²) in [4.78, 5) is 0.372. The van der Waals surface area contributed by atoms with E-state index in [0.717, 1.165) is 76.6 Å². The second-order valence-corrected chi connectivity index (χ2v) is 16.3. The Morgan fingerprint density at radius 3 is 2.10 bits per heavy atom. The van der Waals surface area contributed by atoms with E-state index in [1.165, 1.54) is 25.7 Å². The van der Waals surface area contributed by atoms with Gasteiger partial charge in [0.2, 0.25) is 10.0 Å². The van der Waals surface area contributed by atoms with Gasteiger partial charge >= 0.3 is 0 Å². The molecule has 5 heteroatoms. The summed E-state index contributed by atoms with van der Waals surface area (Å²) in [7, 11) is -3.67. The van der Waals surface area contributed by atoms with Crippen LogP contribution in [0.2, 0.25) is 0 Å². The number of benzene rings is 2. The highest BCUT2D eigenvalue weighted by Gasteiger charge is 2.89. The van der Waals surface area contributed by atoms with Gasteiger partial charge in [0.25, 0.3) is 0 Å². The van der Waals surface area contributed by atoms with Crippen LogP contribution in [0.3, 0.4) is 0 Å². The number of rotatable bonds is 7. The molecule has 1 aliphatic heterocycles. The fourth-order valence-corrected chi connectivity index (χ4v) is 13.0. The topological polar surface area (TPSA) is 46.6 Å². The Morgan fingerprint density at radius 1 is 0.875 bits per heavy atom. The minimum atomic E-state index is -3.67. The minimum Gasteiger partial charge on any atom is -0.374 e. The number of hydrogen-bond acceptors (Lipinski definition) is 3. The van der Waals surface area contributed by atoms with Crippen molar-refractivity contribution in [3.05, 3.63) is 77.4 Å². The zero-order valence-corrected chi connectivity index (χ0v) is 24.5. The molecule has 2 aromatic rings. The first-order chi connectivity index (χ1) is 19.4. The average molecular weight is 556 g/mol. The lowest BCUT2D eigenvalue weighted by Crippen LogP contribution is -2.90. The Kier molecular flexibility index (Phi) is 5.13. The predicted molar refractivity (Wildman–Crippen MR) is 155 cm³/mol. The smallest absolute Gasteiger partial charge is 0.243 e. The molecule has 9 rings (SSSR count). The maximum atomic E-state index is 14.1. The maximum absolute atomic E-state index is 14.1. The van der Waals surface area contributed by atoms with Gasteiger partial charge in [-0.05, 0) is 122 Å². The van der Waals surface area contributed by atoms with Crippen LogP contribution in [0.4, 0.5) is 0 Å². The summed E-state index contributed by atoms with van der Waals surface area (Å²) in [6.45, 7) is 5.45. The quantitative estimate of drug-likeness (QED) is 0.284. The molecule has 6 fully saturated rings. The highest BCUT2D eigenvalue weighted by atomic mass is 32.2. The molecule has 0 bridgehead atoms. The van der Waals surface area contributed by atoms with Crippen LogP contribution in [-0.4, -0.2) is 32.0 Å². The van der Waals surface area contributed by atoms with Crippen molar-refractivity contribution in [2.75, 3.05) is 13.2 Å². The number of fused-ring (bicyclic) bond motifs is 13. The van der Waals surface area contributed by atoms with E-state index in [-0.39, 0.29) is 12.1 Å². The van der Waals surface area contributed by atoms with Gasteiger partial charge < -0.3 is 4.74 Å². The molecule has 0 amide bonds. The summed E-state index contributed by atoms with van der Waals surface area (Å²) in [5, 5.41) is 0. The summed E-state index contributed by atoms with van der Waals surface area (Å²) in [6.07, 6.45) is 8.79. The second-order valence-electron chi connectivity index (χ2n) is 14.4. The van der Waals surface area contributed by atoms with Crippen molar-refractivity contribution < 1.29 is 13.2 Å². The molecule has 0 N–H and O–H groups in total. The molecule has 4 nitrogen and oxygen atoms in total. The van der Waals surface area contributed by atoms with Crippen LogP contribution < -0.4 is 0 Å². The van der Waals surface area contributed by atoms with Gasteiger partial charge in [-0.1, -0.05) is 54.1 Å². The van der Waals surface area contributed by atoms with Crippen LogP contribution in [0.1, 0.15) is 56.2 Å². The fraction of sp³-hybridized carbons (Fsp3) is 0.600. The van der Waals surface area contributed by atoms with Gasteiger partial charge in [-0.15, -0.1) is 0 Å². The van der Waals surface area contributed by atoms with E-state index in [1.807, 2.05) is 37.3 Å². The van der Waals surface area contributed by atoms with Crippen molar-refractivity contribution in [1.29, 1.82) is 0 Å². The third kappa shape index (κ3) is 2.92. The van der Waals surface area contributed by atoms with Crippen molar-refractivity contribution in [3.8, 4) is 0 Å². The molecular formula is C35H41NO3S. The van der Waals surface area contributed by atoms with E-state index >= 15 is 0 Å². The number of sulfonamides is 1. The van der Waals surface area contributed by atoms with E-state index in [2.05, 4.69) is 25.1 Å². The molecule has 7 aliphatic rings. The van der Waals surface area contributed by atoms with Crippen LogP contribution in [0.5, 0.6) is 0 Å². The van der Waals surface area contributed by atoms with Gasteiger partial charge in [-0.3, -0.25) is 0 Å². The van der Waals surface area contributed by atoms with Gasteiger partial charge in [0, 0.05) is 12.0 Å². The van der Waals surface area contributed by atoms with Crippen LogP contribution in [-0.2, 0) is 14.8 Å². The molecule has 0 radical (unpaired) electrons. The molecule has 6 saturated carbocycles. The summed E-state index contributed by atoms with van der Waals surface area (Å²) >= 11 is 0. The van der Waals surface area contributed by atoms with E-state index in [1.54, 1.807) is 16.4 Å². The Hall–Kier alpha value is -1.95. The van der Waals surface area contributed by atoms with Crippen molar-refractivity contribution in [1.82, 2.24) is 4.31 Å². The van der Waals surface area contributed by atoms with E-state index in [9.17, 15) is 8.42 Å². The first-order valence-electron chi connectivity index (χ1n) is 15.9. The number of hydrogen-bond donors (Lipinski definition) is 0. The van der Waals surface area contributed by atoms with Gasteiger partial charge in [0.15, 0.2) is 0 Å². The molecule has 210 valence electrons. The standard InChI is InChI=1S/C35H41NO3S/c1-20-8-11-24(12-9-20)40(37,38)36-18-23(10-17-29(36)22-6-4-3-5-7-22)21(2)39-19-35-32-27-15-13-25(27)30(32)34(35)31-26-14-16-28(26)33(31)35/h3-12,21,25-34H,13-19H2,1-2H3. The molecular weight excluding hydrogens is 514 g/mol. The Balaban J connectivity index is 0.972. The molecule has 0 spiro atoms. The van der Waals surface area contributed by atoms with E-state index in [0.29, 0.717) is 23.3 Å². The molecule has 2 aromatic carbocycles. The molecule has 10 unspecified atom stereocenters. The van der Waals surface area contributed by atoms with Crippen molar-refractivity contribution in [2.45, 2.75) is 63.0 Å². The highest BCUT2D eigenvalue weighted by molar-refractivity contribution is 7.89. The second kappa shape index (κ2) is 8.33. The van der Waals surface area contributed by atoms with Crippen LogP contribution in [0, 0.1) is 65.6 Å². The number of ether oxygens (including phenoxy) is 1. The minimum absolute atomic E-state index is 0.0601. The monoisotopic (exact) mass is 555 g/mol. The predicted octanol–water partition coefficient (Wildman–Crippen LogP) is 6.64. The first kappa shape index (κ1) is 24.6. The largest absolute Gasteiger partial charge is 0.374 e. The normalized spacial score (nSPS) is 44.6. The van der Waals surface area contributed by atoms with Crippen molar-refractivity contribution >= 4 is 10.0 Å². The molecule has 6 aliphatic carbocycles. The molecule has 10 atom stereocenters. The SMILES string of the molecule is Cc1ccc(S(=O)(=O)N2CC(C(C)OCC34C5C6CCC6C5C3C3C5CCC5C34)=CCC2c2ccccc2)cc1. The zero-order chi connectivity index (χ0) is 27.0. The van der Waals surface area contributed by atoms with Crippen LogP contribution in [0.15, 0.2) is 71.1 Å². The molecule has 40 heavy (non-hydrogen) atoms. The summed E-state index contributed by atoms with van der Waals surface area (Å²) in [6, 6.07) is 17.2. The first-order valence-corrected chi connectivity index (χ1v) is 17.3. The Labute approximate surface area is 239 Å². The third-order valence-electron chi connectivity index (χ3n) is 13.4. The summed E-state index contributed by atoms with van der Waals surface area (Å²) in [5.41, 5.74) is 3.69. The fourth-order valence-electron chi connectivity index (χ4n) is 11.4. The van der Waals surface area contributed by atoms with Crippen molar-refractivity contribution in [2.24, 2.45) is 58.7 Å². The van der Waals surface area contributed by atoms with E-state index in [4.69, 9.17) is 4.74 Å². The van der Waals surface area contributed by atoms with Gasteiger partial charge in [0.1, 0.15) is 0 Å². The molecule has 0 saturated heterocycles. The summed E-state index contributed by atoms with van der Waals surface area (Å²) < 4.78 is 36.7. The lowest BCUT2D eigenvalue weighted by Gasteiger charge is -2.93. The van der Waals surface area contributed by atoms with Crippen LogP contribution in [0.25, 0.3) is 0 Å². The van der Waals surface area contributed by atoms with Crippen molar-refractivity contribution in [3.63, 3.8) is 0 Å². The third-order valence-corrected chi connectivity index (χ3v) is 15.3. The molecule has 1 heterocycles. The lowest BCUT2D eigenvalue weighted by molar-refractivity contribution is -0.470. The van der Waals surface area contributed by atoms with E-state index < -0.39 is 10.0 Å². The average Bonchev–Trinajstić information content (AvgIpc) is 2.94. The van der Waals surface area contributed by atoms with Crippen LogP contribution >= 0.6 is 0 Å². The van der Waals surface area contributed by atoms with Gasteiger partial charge in [0.05, 0.1) is 23.6 Å². The maximum Gasteiger partial charge on any atom is 0.243 e. The Morgan fingerprint density at radius 2 is 1.50 bits per heavy atom. The zero-order valence-electron chi connectivity index (χ0n) is 23.7. The lowest BCUT2D eigenvalue weighted by atomic mass is 9.11. The van der Waals surface area contributed by atoms with Gasteiger partial charge in [-0.25, -0.2) is 8.42 Å². The number of nitrogens with zero attached hydrogens (tertiary/aromatic N) is 1. The number of aryl methyl sites for hydroxylation is 1.